The first-order chi connectivity index (χ1) is 9.76. The highest BCUT2D eigenvalue weighted by atomic mass is 35.5. The van der Waals surface area contributed by atoms with Gasteiger partial charge in [-0.25, -0.2) is 13.1 Å². The molecule has 9 heteroatoms. The van der Waals surface area contributed by atoms with Crippen molar-refractivity contribution >= 4 is 28.3 Å². The van der Waals surface area contributed by atoms with Crippen LogP contribution in [0.15, 0.2) is 17.2 Å². The van der Waals surface area contributed by atoms with Gasteiger partial charge in [-0.05, 0) is 24.8 Å². The zero-order valence-corrected chi connectivity index (χ0v) is 14.6. The Bertz CT molecular complexity index is 638. The maximum absolute atomic E-state index is 12.4. The highest BCUT2D eigenvalue weighted by Crippen LogP contribution is 2.33. The summed E-state index contributed by atoms with van der Waals surface area (Å²) in [5, 5.41) is 0. The van der Waals surface area contributed by atoms with Crippen LogP contribution in [0.4, 0.5) is 0 Å². The van der Waals surface area contributed by atoms with Crippen molar-refractivity contribution in [1.29, 1.82) is 0 Å². The molecule has 1 saturated carbocycles. The van der Waals surface area contributed by atoms with Crippen LogP contribution < -0.4 is 10.5 Å². The standard InChI is InChI=1S/C13H22N4O3S.ClH/c1-16(2)13(18)12-6-10(8-17(12)3)21(19,20)15-11(7-14)9-4-5-9;/h6,8-9,11,15H,4-5,7,14H2,1-3H3;1H. The number of halogens is 1. The number of nitrogens with one attached hydrogen (secondary N) is 1. The van der Waals surface area contributed by atoms with E-state index in [9.17, 15) is 13.2 Å². The lowest BCUT2D eigenvalue weighted by atomic mass is 10.2. The van der Waals surface area contributed by atoms with Crippen LogP contribution in [0.25, 0.3) is 0 Å². The number of hydrogen-bond acceptors (Lipinski definition) is 4. The highest BCUT2D eigenvalue weighted by molar-refractivity contribution is 7.89. The topological polar surface area (TPSA) is 97.4 Å². The number of sulfonamides is 1. The first kappa shape index (κ1) is 19.0. The number of hydrogen-bond donors (Lipinski definition) is 2. The maximum atomic E-state index is 12.4. The minimum atomic E-state index is -3.66. The molecule has 1 amide bonds. The quantitative estimate of drug-likeness (QED) is 0.763. The van der Waals surface area contributed by atoms with Crippen molar-refractivity contribution in [2.24, 2.45) is 18.7 Å². The van der Waals surface area contributed by atoms with Crippen molar-refractivity contribution in [3.63, 3.8) is 0 Å². The molecular formula is C13H23ClN4O3S. The van der Waals surface area contributed by atoms with Crippen LogP contribution in [0, 0.1) is 5.92 Å². The van der Waals surface area contributed by atoms with E-state index in [4.69, 9.17) is 5.73 Å². The Morgan fingerprint density at radius 3 is 2.55 bits per heavy atom. The fraction of sp³-hybridized carbons (Fsp3) is 0.615. The SMILES string of the molecule is CN(C)C(=O)c1cc(S(=O)(=O)NC(CN)C2CC2)cn1C.Cl. The van der Waals surface area contributed by atoms with Crippen LogP contribution in [0.5, 0.6) is 0 Å². The summed E-state index contributed by atoms with van der Waals surface area (Å²) < 4.78 is 28.9. The van der Waals surface area contributed by atoms with Gasteiger partial charge in [0.2, 0.25) is 10.0 Å². The van der Waals surface area contributed by atoms with Crippen LogP contribution >= 0.6 is 12.4 Å². The highest BCUT2D eigenvalue weighted by Gasteiger charge is 2.34. The van der Waals surface area contributed by atoms with E-state index < -0.39 is 10.0 Å². The molecular weight excluding hydrogens is 328 g/mol. The molecule has 1 unspecified atom stereocenters. The lowest BCUT2D eigenvalue weighted by molar-refractivity contribution is 0.0818. The lowest BCUT2D eigenvalue weighted by Crippen LogP contribution is -2.41. The Labute approximate surface area is 137 Å². The van der Waals surface area contributed by atoms with Gasteiger partial charge in [-0.2, -0.15) is 0 Å². The summed E-state index contributed by atoms with van der Waals surface area (Å²) in [6.07, 6.45) is 3.45. The van der Waals surface area contributed by atoms with Gasteiger partial charge in [0.25, 0.3) is 5.91 Å². The smallest absolute Gasteiger partial charge is 0.269 e. The molecule has 0 aliphatic heterocycles. The summed E-state index contributed by atoms with van der Waals surface area (Å²) in [4.78, 5) is 13.5. The van der Waals surface area contributed by atoms with E-state index in [0.717, 1.165) is 12.8 Å². The molecule has 1 aliphatic carbocycles. The number of nitrogens with two attached hydrogens (primary N) is 1. The average molecular weight is 351 g/mol. The molecule has 0 saturated heterocycles. The summed E-state index contributed by atoms with van der Waals surface area (Å²) in [7, 11) is 1.24. The molecule has 1 atom stereocenters. The Morgan fingerprint density at radius 2 is 2.09 bits per heavy atom. The zero-order chi connectivity index (χ0) is 15.8. The zero-order valence-electron chi connectivity index (χ0n) is 12.9. The van der Waals surface area contributed by atoms with Gasteiger partial charge in [-0.3, -0.25) is 4.79 Å². The molecule has 0 radical (unpaired) electrons. The van der Waals surface area contributed by atoms with Gasteiger partial charge < -0.3 is 15.2 Å². The van der Waals surface area contributed by atoms with E-state index >= 15 is 0 Å². The fourth-order valence-electron chi connectivity index (χ4n) is 2.23. The van der Waals surface area contributed by atoms with E-state index in [1.165, 1.54) is 21.7 Å². The summed E-state index contributed by atoms with van der Waals surface area (Å²) >= 11 is 0. The number of aryl methyl sites for hydroxylation is 1. The number of carbonyl (C=O) groups excluding carboxylic acids is 1. The van der Waals surface area contributed by atoms with Crippen LogP contribution in [-0.4, -0.2) is 50.5 Å². The van der Waals surface area contributed by atoms with E-state index in [-0.39, 0.29) is 35.8 Å². The average Bonchev–Trinajstić information content (AvgIpc) is 3.17. The van der Waals surface area contributed by atoms with E-state index in [2.05, 4.69) is 4.72 Å². The number of rotatable bonds is 6. The Balaban J connectivity index is 0.00000242. The number of aromatic nitrogens is 1. The lowest BCUT2D eigenvalue weighted by Gasteiger charge is -2.15. The van der Waals surface area contributed by atoms with Crippen LogP contribution in [-0.2, 0) is 17.1 Å². The van der Waals surface area contributed by atoms with Crippen LogP contribution in [0.3, 0.4) is 0 Å². The van der Waals surface area contributed by atoms with Crippen molar-refractivity contribution in [1.82, 2.24) is 14.2 Å². The molecule has 2 rings (SSSR count). The molecule has 126 valence electrons. The number of carbonyl (C=O) groups is 1. The minimum absolute atomic E-state index is 0. The first-order valence-electron chi connectivity index (χ1n) is 6.86. The normalized spacial score (nSPS) is 16.0. The third-order valence-electron chi connectivity index (χ3n) is 3.67. The molecule has 3 N–H and O–H groups in total. The molecule has 1 aromatic heterocycles. The largest absolute Gasteiger partial charge is 0.345 e. The molecule has 0 bridgehead atoms. The van der Waals surface area contributed by atoms with Gasteiger partial charge in [0.1, 0.15) is 10.6 Å². The van der Waals surface area contributed by atoms with Gasteiger partial charge in [0.15, 0.2) is 0 Å². The molecule has 1 fully saturated rings. The third kappa shape index (κ3) is 4.01. The van der Waals surface area contributed by atoms with E-state index in [1.807, 2.05) is 0 Å². The van der Waals surface area contributed by atoms with Gasteiger partial charge in [-0.15, -0.1) is 12.4 Å². The Morgan fingerprint density at radius 1 is 1.50 bits per heavy atom. The van der Waals surface area contributed by atoms with Gasteiger partial charge >= 0.3 is 0 Å². The molecule has 1 aliphatic rings. The van der Waals surface area contributed by atoms with Crippen molar-refractivity contribution in [3.05, 3.63) is 18.0 Å². The van der Waals surface area contributed by atoms with Gasteiger partial charge in [0.05, 0.1) is 0 Å². The summed E-state index contributed by atoms with van der Waals surface area (Å²) in [6.45, 7) is 0.278. The first-order valence-corrected chi connectivity index (χ1v) is 8.35. The van der Waals surface area contributed by atoms with Crippen molar-refractivity contribution in [2.75, 3.05) is 20.6 Å². The van der Waals surface area contributed by atoms with Gasteiger partial charge in [-0.1, -0.05) is 0 Å². The second kappa shape index (κ2) is 6.99. The van der Waals surface area contributed by atoms with E-state index in [0.29, 0.717) is 11.6 Å². The second-order valence-electron chi connectivity index (χ2n) is 5.67. The fourth-order valence-corrected chi connectivity index (χ4v) is 3.61. The molecule has 1 heterocycles. The molecule has 0 aromatic carbocycles. The number of nitrogens with zero attached hydrogens (tertiary/aromatic N) is 2. The minimum Gasteiger partial charge on any atom is -0.345 e. The predicted octanol–water partition coefficient (Wildman–Crippen LogP) is 0.164. The summed E-state index contributed by atoms with van der Waals surface area (Å²) in [6, 6.07) is 1.16. The summed E-state index contributed by atoms with van der Waals surface area (Å²) in [5.74, 6) is 0.0906. The van der Waals surface area contributed by atoms with Crippen LogP contribution in [0.2, 0.25) is 0 Å². The Hall–Kier alpha value is -1.09. The Kier molecular flexibility index (Phi) is 6.03. The van der Waals surface area contributed by atoms with Crippen molar-refractivity contribution < 1.29 is 13.2 Å². The second-order valence-corrected chi connectivity index (χ2v) is 7.39. The van der Waals surface area contributed by atoms with Crippen LogP contribution in [0.1, 0.15) is 23.3 Å². The van der Waals surface area contributed by atoms with Crippen molar-refractivity contribution in [3.8, 4) is 0 Å². The molecule has 7 nitrogen and oxygen atoms in total. The molecule has 0 spiro atoms. The van der Waals surface area contributed by atoms with E-state index in [1.54, 1.807) is 21.1 Å². The summed E-state index contributed by atoms with van der Waals surface area (Å²) in [5.41, 5.74) is 5.96. The monoisotopic (exact) mass is 350 g/mol. The van der Waals surface area contributed by atoms with Crippen molar-refractivity contribution in [2.45, 2.75) is 23.8 Å². The molecule has 22 heavy (non-hydrogen) atoms. The number of amides is 1. The third-order valence-corrected chi connectivity index (χ3v) is 5.12. The molecule has 1 aromatic rings. The maximum Gasteiger partial charge on any atom is 0.269 e. The predicted molar refractivity (Wildman–Crippen MR) is 86.6 cm³/mol. The van der Waals surface area contributed by atoms with Gasteiger partial charge in [0, 0.05) is 39.9 Å².